The molecule has 0 saturated heterocycles. The number of halogens is 1. The molecule has 2 heteroatoms. The van der Waals surface area contributed by atoms with E-state index in [2.05, 4.69) is 0 Å². The Morgan fingerprint density at radius 1 is 1.25 bits per heavy atom. The van der Waals surface area contributed by atoms with Crippen molar-refractivity contribution in [2.45, 2.75) is 25.7 Å². The molecule has 86 valence electrons. The normalized spacial score (nSPS) is 31.9. The Labute approximate surface area is 102 Å². The van der Waals surface area contributed by atoms with E-state index in [-0.39, 0.29) is 0 Å². The van der Waals surface area contributed by atoms with Gasteiger partial charge in [0.15, 0.2) is 0 Å². The molecule has 2 bridgehead atoms. The third-order valence-corrected chi connectivity index (χ3v) is 4.38. The first-order chi connectivity index (χ1) is 7.81. The molecule has 0 aromatic heterocycles. The SMILES string of the molecule is Clc1cccc(OCC2CC3CCC2C3)c1. The average Bonchev–Trinajstić information content (AvgIpc) is 2.88. The molecule has 2 aliphatic rings. The molecule has 1 nitrogen and oxygen atoms in total. The van der Waals surface area contributed by atoms with Crippen molar-refractivity contribution in [3.63, 3.8) is 0 Å². The van der Waals surface area contributed by atoms with Crippen LogP contribution in [0.1, 0.15) is 25.7 Å². The van der Waals surface area contributed by atoms with Crippen molar-refractivity contribution >= 4 is 11.6 Å². The number of hydrogen-bond donors (Lipinski definition) is 0. The number of ether oxygens (including phenoxy) is 1. The van der Waals surface area contributed by atoms with Gasteiger partial charge < -0.3 is 4.74 Å². The summed E-state index contributed by atoms with van der Waals surface area (Å²) in [5.41, 5.74) is 0. The van der Waals surface area contributed by atoms with Gasteiger partial charge in [0.1, 0.15) is 5.75 Å². The summed E-state index contributed by atoms with van der Waals surface area (Å²) in [4.78, 5) is 0. The van der Waals surface area contributed by atoms with Crippen LogP contribution in [0, 0.1) is 17.8 Å². The Kier molecular flexibility index (Phi) is 2.81. The van der Waals surface area contributed by atoms with Gasteiger partial charge in [0.2, 0.25) is 0 Å². The second kappa shape index (κ2) is 4.29. The first-order valence-electron chi connectivity index (χ1n) is 6.19. The Bertz CT molecular complexity index is 377. The molecule has 1 aromatic rings. The first kappa shape index (κ1) is 10.5. The van der Waals surface area contributed by atoms with Crippen LogP contribution in [0.15, 0.2) is 24.3 Å². The lowest BCUT2D eigenvalue weighted by Gasteiger charge is -2.21. The molecule has 3 atom stereocenters. The summed E-state index contributed by atoms with van der Waals surface area (Å²) in [6.07, 6.45) is 5.71. The Morgan fingerprint density at radius 3 is 2.88 bits per heavy atom. The zero-order valence-corrected chi connectivity index (χ0v) is 10.1. The van der Waals surface area contributed by atoms with E-state index in [1.54, 1.807) is 0 Å². The molecule has 3 rings (SSSR count). The topological polar surface area (TPSA) is 9.23 Å². The van der Waals surface area contributed by atoms with Crippen molar-refractivity contribution in [3.05, 3.63) is 29.3 Å². The minimum atomic E-state index is 0.755. The van der Waals surface area contributed by atoms with E-state index in [4.69, 9.17) is 16.3 Å². The Balaban J connectivity index is 1.57. The summed E-state index contributed by atoms with van der Waals surface area (Å²) >= 11 is 5.92. The van der Waals surface area contributed by atoms with Gasteiger partial charge in [0.25, 0.3) is 0 Å². The minimum absolute atomic E-state index is 0.755. The quantitative estimate of drug-likeness (QED) is 0.766. The van der Waals surface area contributed by atoms with Crippen molar-refractivity contribution in [2.75, 3.05) is 6.61 Å². The lowest BCUT2D eigenvalue weighted by Crippen LogP contribution is -2.18. The summed E-state index contributed by atoms with van der Waals surface area (Å²) in [6, 6.07) is 7.71. The summed E-state index contributed by atoms with van der Waals surface area (Å²) in [5, 5.41) is 0.755. The zero-order valence-electron chi connectivity index (χ0n) is 9.36. The van der Waals surface area contributed by atoms with Gasteiger partial charge in [-0.05, 0) is 55.2 Å². The highest BCUT2D eigenvalue weighted by atomic mass is 35.5. The summed E-state index contributed by atoms with van der Waals surface area (Å²) < 4.78 is 5.84. The molecule has 0 radical (unpaired) electrons. The highest BCUT2D eigenvalue weighted by molar-refractivity contribution is 6.30. The number of fused-ring (bicyclic) bond motifs is 2. The van der Waals surface area contributed by atoms with E-state index < -0.39 is 0 Å². The van der Waals surface area contributed by atoms with Crippen LogP contribution in [0.25, 0.3) is 0 Å². The lowest BCUT2D eigenvalue weighted by atomic mass is 9.89. The van der Waals surface area contributed by atoms with E-state index in [1.165, 1.54) is 25.7 Å². The van der Waals surface area contributed by atoms with Crippen molar-refractivity contribution in [1.29, 1.82) is 0 Å². The van der Waals surface area contributed by atoms with E-state index in [9.17, 15) is 0 Å². The van der Waals surface area contributed by atoms with Gasteiger partial charge in [-0.15, -0.1) is 0 Å². The molecule has 3 unspecified atom stereocenters. The monoisotopic (exact) mass is 236 g/mol. The fraction of sp³-hybridized carbons (Fsp3) is 0.571. The molecule has 0 aliphatic heterocycles. The maximum absolute atomic E-state index is 5.92. The number of benzene rings is 1. The highest BCUT2D eigenvalue weighted by Gasteiger charge is 2.39. The molecule has 0 heterocycles. The van der Waals surface area contributed by atoms with Crippen LogP contribution in [0.3, 0.4) is 0 Å². The summed E-state index contributed by atoms with van der Waals surface area (Å²) in [6.45, 7) is 0.876. The van der Waals surface area contributed by atoms with Crippen molar-refractivity contribution in [1.82, 2.24) is 0 Å². The first-order valence-corrected chi connectivity index (χ1v) is 6.57. The predicted octanol–water partition coefficient (Wildman–Crippen LogP) is 4.16. The minimum Gasteiger partial charge on any atom is -0.493 e. The average molecular weight is 237 g/mol. The van der Waals surface area contributed by atoms with Crippen LogP contribution in [0.5, 0.6) is 5.75 Å². The highest BCUT2D eigenvalue weighted by Crippen LogP contribution is 2.48. The van der Waals surface area contributed by atoms with Gasteiger partial charge in [0, 0.05) is 5.02 Å². The smallest absolute Gasteiger partial charge is 0.120 e. The van der Waals surface area contributed by atoms with Gasteiger partial charge in [0.05, 0.1) is 6.61 Å². The molecule has 2 saturated carbocycles. The molecule has 0 spiro atoms. The largest absolute Gasteiger partial charge is 0.493 e. The zero-order chi connectivity index (χ0) is 11.0. The van der Waals surface area contributed by atoms with Gasteiger partial charge in [-0.3, -0.25) is 0 Å². The predicted molar refractivity (Wildman–Crippen MR) is 65.9 cm³/mol. The number of hydrogen-bond acceptors (Lipinski definition) is 1. The molecule has 0 N–H and O–H groups in total. The molecule has 0 amide bonds. The fourth-order valence-electron chi connectivity index (χ4n) is 3.34. The van der Waals surface area contributed by atoms with E-state index in [1.807, 2.05) is 24.3 Å². The second-order valence-electron chi connectivity index (χ2n) is 5.20. The van der Waals surface area contributed by atoms with Crippen molar-refractivity contribution in [3.8, 4) is 5.75 Å². The number of rotatable bonds is 3. The van der Waals surface area contributed by atoms with Gasteiger partial charge >= 0.3 is 0 Å². The molecular formula is C14H17ClO. The van der Waals surface area contributed by atoms with Crippen molar-refractivity contribution < 1.29 is 4.74 Å². The van der Waals surface area contributed by atoms with Crippen LogP contribution in [-0.4, -0.2) is 6.61 Å². The van der Waals surface area contributed by atoms with Crippen LogP contribution in [-0.2, 0) is 0 Å². The molecule has 16 heavy (non-hydrogen) atoms. The maximum Gasteiger partial charge on any atom is 0.120 e. The molecule has 1 aromatic carbocycles. The van der Waals surface area contributed by atoms with Gasteiger partial charge in [-0.25, -0.2) is 0 Å². The van der Waals surface area contributed by atoms with E-state index in [0.29, 0.717) is 0 Å². The third-order valence-electron chi connectivity index (χ3n) is 4.14. The molecular weight excluding hydrogens is 220 g/mol. The Hall–Kier alpha value is -0.690. The summed E-state index contributed by atoms with van der Waals surface area (Å²) in [7, 11) is 0. The van der Waals surface area contributed by atoms with E-state index in [0.717, 1.165) is 35.1 Å². The third kappa shape index (κ3) is 2.06. The van der Waals surface area contributed by atoms with E-state index >= 15 is 0 Å². The van der Waals surface area contributed by atoms with Crippen LogP contribution in [0.4, 0.5) is 0 Å². The van der Waals surface area contributed by atoms with Gasteiger partial charge in [-0.1, -0.05) is 24.1 Å². The standard InChI is InChI=1S/C14H17ClO/c15-13-2-1-3-14(8-13)16-9-12-7-10-4-5-11(12)6-10/h1-3,8,10-12H,4-7,9H2. The Morgan fingerprint density at radius 2 is 2.19 bits per heavy atom. The fourth-order valence-corrected chi connectivity index (χ4v) is 3.52. The maximum atomic E-state index is 5.92. The van der Waals surface area contributed by atoms with Crippen LogP contribution >= 0.6 is 11.6 Å². The van der Waals surface area contributed by atoms with Crippen LogP contribution < -0.4 is 4.74 Å². The second-order valence-corrected chi connectivity index (χ2v) is 5.64. The summed E-state index contributed by atoms with van der Waals surface area (Å²) in [5.74, 6) is 3.63. The molecule has 2 fully saturated rings. The van der Waals surface area contributed by atoms with Crippen LogP contribution in [0.2, 0.25) is 5.02 Å². The lowest BCUT2D eigenvalue weighted by molar-refractivity contribution is 0.195. The van der Waals surface area contributed by atoms with Crippen molar-refractivity contribution in [2.24, 2.45) is 17.8 Å². The molecule has 2 aliphatic carbocycles. The van der Waals surface area contributed by atoms with Gasteiger partial charge in [-0.2, -0.15) is 0 Å².